The van der Waals surface area contributed by atoms with Gasteiger partial charge >= 0.3 is 0 Å². The van der Waals surface area contributed by atoms with Crippen molar-refractivity contribution in [2.75, 3.05) is 13.1 Å². The molecule has 2 aromatic rings. The molecule has 0 unspecified atom stereocenters. The fourth-order valence-electron chi connectivity index (χ4n) is 2.17. The first kappa shape index (κ1) is 18.3. The Hall–Kier alpha value is -2.04. The molecule has 0 spiro atoms. The summed E-state index contributed by atoms with van der Waals surface area (Å²) in [4.78, 5) is 25.5. The van der Waals surface area contributed by atoms with Crippen LogP contribution >= 0.6 is 23.2 Å². The predicted octanol–water partition coefficient (Wildman–Crippen LogP) is 3.77. The van der Waals surface area contributed by atoms with Crippen molar-refractivity contribution in [2.45, 2.75) is 13.5 Å². The molecular formula is C18H18Cl2N2O2. The molecule has 126 valence electrons. The van der Waals surface area contributed by atoms with Gasteiger partial charge in [-0.3, -0.25) is 9.59 Å². The molecule has 2 amide bonds. The fraction of sp³-hybridized carbons (Fsp3) is 0.222. The van der Waals surface area contributed by atoms with Crippen LogP contribution in [-0.4, -0.2) is 29.8 Å². The minimum absolute atomic E-state index is 0.0503. The summed E-state index contributed by atoms with van der Waals surface area (Å²) in [5.41, 5.74) is 1.52. The number of hydrogen-bond donors (Lipinski definition) is 1. The molecule has 2 rings (SSSR count). The Morgan fingerprint density at radius 3 is 2.04 bits per heavy atom. The van der Waals surface area contributed by atoms with E-state index in [4.69, 9.17) is 23.2 Å². The molecule has 6 heteroatoms. The third-order valence-electron chi connectivity index (χ3n) is 3.51. The highest BCUT2D eigenvalue weighted by atomic mass is 35.5. The fourth-order valence-corrected chi connectivity index (χ4v) is 2.42. The number of nitrogens with one attached hydrogen (secondary N) is 1. The number of amides is 2. The largest absolute Gasteiger partial charge is 0.350 e. The standard InChI is InChI=1S/C18H18Cl2N2O2/c1-13(23)22(12-14-2-6-16(19)7-3-14)11-10-21-18(24)15-4-8-17(20)9-5-15/h2-9H,10-12H2,1H3,(H,21,24). The third kappa shape index (κ3) is 5.55. The summed E-state index contributed by atoms with van der Waals surface area (Å²) in [6.07, 6.45) is 0. The second-order valence-corrected chi connectivity index (χ2v) is 6.20. The van der Waals surface area contributed by atoms with Crippen LogP contribution in [0.4, 0.5) is 0 Å². The molecule has 0 saturated carbocycles. The minimum atomic E-state index is -0.193. The molecule has 0 aliphatic heterocycles. The van der Waals surface area contributed by atoms with Crippen molar-refractivity contribution in [2.24, 2.45) is 0 Å². The van der Waals surface area contributed by atoms with Gasteiger partial charge in [0.1, 0.15) is 0 Å². The first-order valence-corrected chi connectivity index (χ1v) is 8.25. The van der Waals surface area contributed by atoms with Gasteiger partial charge in [-0.2, -0.15) is 0 Å². The van der Waals surface area contributed by atoms with Gasteiger partial charge in [-0.05, 0) is 42.0 Å². The van der Waals surface area contributed by atoms with E-state index in [2.05, 4.69) is 5.32 Å². The van der Waals surface area contributed by atoms with E-state index in [1.54, 1.807) is 41.3 Å². The van der Waals surface area contributed by atoms with Crippen molar-refractivity contribution in [1.29, 1.82) is 0 Å². The summed E-state index contributed by atoms with van der Waals surface area (Å²) >= 11 is 11.7. The van der Waals surface area contributed by atoms with Crippen molar-refractivity contribution in [3.05, 3.63) is 69.7 Å². The summed E-state index contributed by atoms with van der Waals surface area (Å²) in [5.74, 6) is -0.243. The van der Waals surface area contributed by atoms with E-state index >= 15 is 0 Å². The molecule has 2 aromatic carbocycles. The number of carbonyl (C=O) groups is 2. The highest BCUT2D eigenvalue weighted by Gasteiger charge is 2.11. The van der Waals surface area contributed by atoms with Gasteiger partial charge in [-0.1, -0.05) is 35.3 Å². The summed E-state index contributed by atoms with van der Waals surface area (Å²) in [6, 6.07) is 14.0. The number of halogens is 2. The smallest absolute Gasteiger partial charge is 0.251 e. The van der Waals surface area contributed by atoms with Gasteiger partial charge in [-0.25, -0.2) is 0 Å². The van der Waals surface area contributed by atoms with Gasteiger partial charge in [0.2, 0.25) is 5.91 Å². The summed E-state index contributed by atoms with van der Waals surface area (Å²) in [6.45, 7) is 2.78. The van der Waals surface area contributed by atoms with Crippen LogP contribution < -0.4 is 5.32 Å². The Labute approximate surface area is 151 Å². The molecule has 0 aliphatic rings. The van der Waals surface area contributed by atoms with Crippen LogP contribution in [0, 0.1) is 0 Å². The van der Waals surface area contributed by atoms with Gasteiger partial charge in [0.25, 0.3) is 5.91 Å². The van der Waals surface area contributed by atoms with E-state index in [0.717, 1.165) is 5.56 Å². The molecule has 0 radical (unpaired) electrons. The minimum Gasteiger partial charge on any atom is -0.350 e. The monoisotopic (exact) mass is 364 g/mol. The SMILES string of the molecule is CC(=O)N(CCNC(=O)c1ccc(Cl)cc1)Cc1ccc(Cl)cc1. The Balaban J connectivity index is 1.87. The van der Waals surface area contributed by atoms with Gasteiger partial charge in [0.05, 0.1) is 0 Å². The maximum Gasteiger partial charge on any atom is 0.251 e. The van der Waals surface area contributed by atoms with E-state index in [9.17, 15) is 9.59 Å². The average Bonchev–Trinajstić information content (AvgIpc) is 2.56. The molecule has 0 bridgehead atoms. The Kier molecular flexibility index (Phi) is 6.64. The van der Waals surface area contributed by atoms with Crippen LogP contribution in [0.3, 0.4) is 0 Å². The first-order chi connectivity index (χ1) is 11.5. The van der Waals surface area contributed by atoms with Crippen molar-refractivity contribution in [3.8, 4) is 0 Å². The number of hydrogen-bond acceptors (Lipinski definition) is 2. The Morgan fingerprint density at radius 2 is 1.50 bits per heavy atom. The quantitative estimate of drug-likeness (QED) is 0.847. The van der Waals surface area contributed by atoms with Crippen LogP contribution in [-0.2, 0) is 11.3 Å². The zero-order chi connectivity index (χ0) is 17.5. The van der Waals surface area contributed by atoms with Crippen LogP contribution in [0.1, 0.15) is 22.8 Å². The van der Waals surface area contributed by atoms with E-state index in [0.29, 0.717) is 35.2 Å². The molecule has 0 fully saturated rings. The van der Waals surface area contributed by atoms with Crippen LogP contribution in [0.25, 0.3) is 0 Å². The molecule has 0 atom stereocenters. The maximum absolute atomic E-state index is 12.0. The van der Waals surface area contributed by atoms with E-state index in [1.807, 2.05) is 12.1 Å². The van der Waals surface area contributed by atoms with E-state index in [-0.39, 0.29) is 11.8 Å². The lowest BCUT2D eigenvalue weighted by atomic mass is 10.2. The maximum atomic E-state index is 12.0. The predicted molar refractivity (Wildman–Crippen MR) is 96.3 cm³/mol. The zero-order valence-electron chi connectivity index (χ0n) is 13.3. The number of nitrogens with zero attached hydrogens (tertiary/aromatic N) is 1. The highest BCUT2D eigenvalue weighted by Crippen LogP contribution is 2.12. The second-order valence-electron chi connectivity index (χ2n) is 5.33. The zero-order valence-corrected chi connectivity index (χ0v) is 14.8. The Morgan fingerprint density at radius 1 is 0.958 bits per heavy atom. The lowest BCUT2D eigenvalue weighted by Gasteiger charge is -2.21. The van der Waals surface area contributed by atoms with Crippen molar-refractivity contribution < 1.29 is 9.59 Å². The van der Waals surface area contributed by atoms with Crippen molar-refractivity contribution in [1.82, 2.24) is 10.2 Å². The lowest BCUT2D eigenvalue weighted by molar-refractivity contribution is -0.129. The van der Waals surface area contributed by atoms with Crippen molar-refractivity contribution in [3.63, 3.8) is 0 Å². The van der Waals surface area contributed by atoms with E-state index < -0.39 is 0 Å². The Bertz CT molecular complexity index is 700. The second kappa shape index (κ2) is 8.71. The normalized spacial score (nSPS) is 10.3. The molecule has 0 saturated heterocycles. The van der Waals surface area contributed by atoms with Crippen molar-refractivity contribution >= 4 is 35.0 Å². The van der Waals surface area contributed by atoms with Gasteiger partial charge in [0.15, 0.2) is 0 Å². The molecule has 0 aromatic heterocycles. The first-order valence-electron chi connectivity index (χ1n) is 7.49. The molecule has 0 aliphatic carbocycles. The average molecular weight is 365 g/mol. The number of rotatable bonds is 6. The van der Waals surface area contributed by atoms with Crippen LogP contribution in [0.2, 0.25) is 10.0 Å². The van der Waals surface area contributed by atoms with E-state index in [1.165, 1.54) is 6.92 Å². The molecule has 24 heavy (non-hydrogen) atoms. The lowest BCUT2D eigenvalue weighted by Crippen LogP contribution is -2.37. The summed E-state index contributed by atoms with van der Waals surface area (Å²) < 4.78 is 0. The van der Waals surface area contributed by atoms with Crippen LogP contribution in [0.5, 0.6) is 0 Å². The molecular weight excluding hydrogens is 347 g/mol. The topological polar surface area (TPSA) is 49.4 Å². The van der Waals surface area contributed by atoms with Gasteiger partial charge < -0.3 is 10.2 Å². The summed E-state index contributed by atoms with van der Waals surface area (Å²) in [5, 5.41) is 4.04. The molecule has 4 nitrogen and oxygen atoms in total. The summed E-state index contributed by atoms with van der Waals surface area (Å²) in [7, 11) is 0. The highest BCUT2D eigenvalue weighted by molar-refractivity contribution is 6.30. The molecule has 0 heterocycles. The number of benzene rings is 2. The molecule has 1 N–H and O–H groups in total. The van der Waals surface area contributed by atoms with Gasteiger partial charge in [0, 0.05) is 42.2 Å². The van der Waals surface area contributed by atoms with Crippen LogP contribution in [0.15, 0.2) is 48.5 Å². The third-order valence-corrected chi connectivity index (χ3v) is 4.01. The number of carbonyl (C=O) groups excluding carboxylic acids is 2. The van der Waals surface area contributed by atoms with Gasteiger partial charge in [-0.15, -0.1) is 0 Å².